The molecule has 0 aliphatic carbocycles. The van der Waals surface area contributed by atoms with Crippen LogP contribution >= 0.6 is 11.6 Å². The van der Waals surface area contributed by atoms with Crippen molar-refractivity contribution in [2.24, 2.45) is 0 Å². The molecule has 1 aromatic carbocycles. The SMILES string of the molecule is COc1cc(OC)c(NC(=O)CN2CCNC[C@H]2C)cc1Cl. The van der Waals surface area contributed by atoms with Crippen LogP contribution in [0.25, 0.3) is 0 Å². The minimum Gasteiger partial charge on any atom is -0.495 e. The monoisotopic (exact) mass is 327 g/mol. The van der Waals surface area contributed by atoms with E-state index in [9.17, 15) is 4.79 Å². The second-order valence-electron chi connectivity index (χ2n) is 5.26. The lowest BCUT2D eigenvalue weighted by Crippen LogP contribution is -2.51. The van der Waals surface area contributed by atoms with Crippen LogP contribution in [0.3, 0.4) is 0 Å². The third kappa shape index (κ3) is 4.03. The molecule has 0 spiro atoms. The van der Waals surface area contributed by atoms with Gasteiger partial charge in [0, 0.05) is 31.7 Å². The molecule has 7 heteroatoms. The van der Waals surface area contributed by atoms with Gasteiger partial charge in [-0.2, -0.15) is 0 Å². The molecule has 0 unspecified atom stereocenters. The largest absolute Gasteiger partial charge is 0.495 e. The molecule has 1 saturated heterocycles. The number of carbonyl (C=O) groups excluding carboxylic acids is 1. The van der Waals surface area contributed by atoms with Gasteiger partial charge in [-0.25, -0.2) is 0 Å². The molecule has 22 heavy (non-hydrogen) atoms. The van der Waals surface area contributed by atoms with E-state index in [0.717, 1.165) is 19.6 Å². The number of hydrogen-bond donors (Lipinski definition) is 2. The summed E-state index contributed by atoms with van der Waals surface area (Å²) in [4.78, 5) is 14.4. The van der Waals surface area contributed by atoms with Crippen molar-refractivity contribution in [3.63, 3.8) is 0 Å². The highest BCUT2D eigenvalue weighted by atomic mass is 35.5. The van der Waals surface area contributed by atoms with E-state index in [0.29, 0.717) is 34.8 Å². The first-order valence-corrected chi connectivity index (χ1v) is 7.59. The first kappa shape index (κ1) is 16.9. The van der Waals surface area contributed by atoms with Gasteiger partial charge < -0.3 is 20.1 Å². The van der Waals surface area contributed by atoms with Crippen LogP contribution in [0, 0.1) is 0 Å². The number of anilines is 1. The first-order chi connectivity index (χ1) is 10.5. The minimum absolute atomic E-state index is 0.0896. The Balaban J connectivity index is 2.06. The molecule has 1 fully saturated rings. The highest BCUT2D eigenvalue weighted by molar-refractivity contribution is 6.32. The Bertz CT molecular complexity index is 539. The van der Waals surface area contributed by atoms with E-state index in [-0.39, 0.29) is 5.91 Å². The fraction of sp³-hybridized carbons (Fsp3) is 0.533. The fourth-order valence-electron chi connectivity index (χ4n) is 2.45. The Morgan fingerprint density at radius 3 is 2.77 bits per heavy atom. The van der Waals surface area contributed by atoms with Gasteiger partial charge in [0.15, 0.2) is 0 Å². The number of nitrogens with one attached hydrogen (secondary N) is 2. The molecule has 122 valence electrons. The van der Waals surface area contributed by atoms with Crippen LogP contribution in [0.5, 0.6) is 11.5 Å². The third-order valence-corrected chi connectivity index (χ3v) is 4.03. The second kappa shape index (κ2) is 7.67. The molecule has 1 aliphatic rings. The molecule has 0 bridgehead atoms. The molecule has 2 N–H and O–H groups in total. The summed E-state index contributed by atoms with van der Waals surface area (Å²) >= 11 is 6.11. The number of halogens is 1. The lowest BCUT2D eigenvalue weighted by Gasteiger charge is -2.33. The molecule has 6 nitrogen and oxygen atoms in total. The Kier molecular flexibility index (Phi) is 5.88. The molecule has 1 aliphatic heterocycles. The maximum atomic E-state index is 12.3. The first-order valence-electron chi connectivity index (χ1n) is 7.21. The molecule has 0 saturated carbocycles. The van der Waals surface area contributed by atoms with Crippen LogP contribution in [-0.2, 0) is 4.79 Å². The van der Waals surface area contributed by atoms with Crippen molar-refractivity contribution in [2.45, 2.75) is 13.0 Å². The average molecular weight is 328 g/mol. The van der Waals surface area contributed by atoms with Gasteiger partial charge >= 0.3 is 0 Å². The topological polar surface area (TPSA) is 62.8 Å². The van der Waals surface area contributed by atoms with Crippen molar-refractivity contribution in [1.29, 1.82) is 0 Å². The van der Waals surface area contributed by atoms with Gasteiger partial charge in [0.05, 0.1) is 31.5 Å². The number of carbonyl (C=O) groups is 1. The molecule has 2 rings (SSSR count). The zero-order valence-corrected chi connectivity index (χ0v) is 13.9. The van der Waals surface area contributed by atoms with Gasteiger partial charge in [-0.1, -0.05) is 11.6 Å². The number of methoxy groups -OCH3 is 2. The molecule has 1 amide bonds. The Hall–Kier alpha value is -1.50. The van der Waals surface area contributed by atoms with Gasteiger partial charge in [-0.15, -0.1) is 0 Å². The molecular weight excluding hydrogens is 306 g/mol. The van der Waals surface area contributed by atoms with Gasteiger partial charge in [-0.3, -0.25) is 9.69 Å². The lowest BCUT2D eigenvalue weighted by atomic mass is 10.2. The molecule has 0 radical (unpaired) electrons. The van der Waals surface area contributed by atoms with Gasteiger partial charge in [0.25, 0.3) is 0 Å². The van der Waals surface area contributed by atoms with E-state index >= 15 is 0 Å². The van der Waals surface area contributed by atoms with Gasteiger partial charge in [0.1, 0.15) is 11.5 Å². The average Bonchev–Trinajstić information content (AvgIpc) is 2.50. The highest BCUT2D eigenvalue weighted by Crippen LogP contribution is 2.35. The number of hydrogen-bond acceptors (Lipinski definition) is 5. The van der Waals surface area contributed by atoms with Crippen LogP contribution in [0.1, 0.15) is 6.92 Å². The van der Waals surface area contributed by atoms with Crippen LogP contribution in [-0.4, -0.2) is 57.2 Å². The van der Waals surface area contributed by atoms with Crippen molar-refractivity contribution in [1.82, 2.24) is 10.2 Å². The number of piperazine rings is 1. The normalized spacial score (nSPS) is 18.8. The quantitative estimate of drug-likeness (QED) is 0.860. The summed E-state index contributed by atoms with van der Waals surface area (Å²) in [7, 11) is 3.07. The zero-order valence-electron chi connectivity index (χ0n) is 13.1. The summed E-state index contributed by atoms with van der Waals surface area (Å²) in [5, 5.41) is 6.58. The maximum Gasteiger partial charge on any atom is 0.238 e. The maximum absolute atomic E-state index is 12.3. The summed E-state index contributed by atoms with van der Waals surface area (Å²) in [6, 6.07) is 3.63. The Morgan fingerprint density at radius 1 is 1.41 bits per heavy atom. The van der Waals surface area contributed by atoms with E-state index in [1.807, 2.05) is 0 Å². The fourth-order valence-corrected chi connectivity index (χ4v) is 2.69. The van der Waals surface area contributed by atoms with E-state index in [2.05, 4.69) is 22.5 Å². The highest BCUT2D eigenvalue weighted by Gasteiger charge is 2.21. The summed E-state index contributed by atoms with van der Waals surface area (Å²) in [5.41, 5.74) is 0.543. The van der Waals surface area contributed by atoms with Crippen molar-refractivity contribution in [3.05, 3.63) is 17.2 Å². The number of ether oxygens (including phenoxy) is 2. The lowest BCUT2D eigenvalue weighted by molar-refractivity contribution is -0.118. The number of nitrogens with zero attached hydrogens (tertiary/aromatic N) is 1. The van der Waals surface area contributed by atoms with Crippen LogP contribution in [0.15, 0.2) is 12.1 Å². The van der Waals surface area contributed by atoms with Gasteiger partial charge in [0.2, 0.25) is 5.91 Å². The number of amides is 1. The molecule has 1 aromatic rings. The number of benzene rings is 1. The van der Waals surface area contributed by atoms with Crippen LogP contribution in [0.4, 0.5) is 5.69 Å². The summed E-state index contributed by atoms with van der Waals surface area (Å²) < 4.78 is 10.4. The second-order valence-corrected chi connectivity index (χ2v) is 5.67. The molecular formula is C15H22ClN3O3. The Labute approximate surface area is 135 Å². The molecule has 1 atom stereocenters. The standard InChI is InChI=1S/C15H22ClN3O3/c1-10-8-17-4-5-19(10)9-15(20)18-12-6-11(16)13(21-2)7-14(12)22-3/h6-7,10,17H,4-5,8-9H2,1-3H3,(H,18,20)/t10-/m1/s1. The summed E-state index contributed by atoms with van der Waals surface area (Å²) in [6.07, 6.45) is 0. The van der Waals surface area contributed by atoms with E-state index < -0.39 is 0 Å². The van der Waals surface area contributed by atoms with Crippen molar-refractivity contribution in [2.75, 3.05) is 45.7 Å². The van der Waals surface area contributed by atoms with Crippen LogP contribution in [0.2, 0.25) is 5.02 Å². The van der Waals surface area contributed by atoms with Crippen LogP contribution < -0.4 is 20.1 Å². The minimum atomic E-state index is -0.0896. The molecule has 0 aromatic heterocycles. The Morgan fingerprint density at radius 2 is 2.14 bits per heavy atom. The van der Waals surface area contributed by atoms with Crippen molar-refractivity contribution < 1.29 is 14.3 Å². The van der Waals surface area contributed by atoms with E-state index in [1.165, 1.54) is 14.2 Å². The van der Waals surface area contributed by atoms with E-state index in [1.54, 1.807) is 12.1 Å². The third-order valence-electron chi connectivity index (χ3n) is 3.73. The summed E-state index contributed by atoms with van der Waals surface area (Å²) in [6.45, 7) is 5.09. The van der Waals surface area contributed by atoms with Crippen molar-refractivity contribution >= 4 is 23.2 Å². The molecule has 1 heterocycles. The van der Waals surface area contributed by atoms with Crippen molar-refractivity contribution in [3.8, 4) is 11.5 Å². The number of rotatable bonds is 5. The predicted molar refractivity (Wildman–Crippen MR) is 87.1 cm³/mol. The van der Waals surface area contributed by atoms with E-state index in [4.69, 9.17) is 21.1 Å². The van der Waals surface area contributed by atoms with Gasteiger partial charge in [-0.05, 0) is 13.0 Å². The smallest absolute Gasteiger partial charge is 0.238 e. The predicted octanol–water partition coefficient (Wildman–Crippen LogP) is 1.59. The summed E-state index contributed by atoms with van der Waals surface area (Å²) in [5.74, 6) is 0.934. The zero-order chi connectivity index (χ0) is 16.1.